The molecule has 0 aliphatic carbocycles. The van der Waals surface area contributed by atoms with Gasteiger partial charge in [-0.15, -0.1) is 0 Å². The lowest BCUT2D eigenvalue weighted by atomic mass is 10.1. The number of amides is 2. The predicted octanol–water partition coefficient (Wildman–Crippen LogP) is 4.33. The summed E-state index contributed by atoms with van der Waals surface area (Å²) in [6.07, 6.45) is 0.615. The standard InChI is InChI=1S/C28H27N5O6/c1-18-15-26(30-28(35)21-5-4-6-23(17-21)33(36)37)32(31-18)22-10-8-20(9-11-22)27(34)29-14-13-19-7-12-24(38-2)25(16-19)39-3/h4-12,15-17H,13-14H2,1-3H3,(H,29,34)(H,30,35). The van der Waals surface area contributed by atoms with E-state index in [1.807, 2.05) is 18.2 Å². The van der Waals surface area contributed by atoms with E-state index in [1.54, 1.807) is 51.5 Å². The Balaban J connectivity index is 1.41. The molecule has 11 nitrogen and oxygen atoms in total. The number of ether oxygens (including phenoxy) is 2. The number of nitro groups is 1. The summed E-state index contributed by atoms with van der Waals surface area (Å²) < 4.78 is 12.1. The average Bonchev–Trinajstić information content (AvgIpc) is 3.32. The van der Waals surface area contributed by atoms with E-state index in [-0.39, 0.29) is 17.2 Å². The number of non-ortho nitro benzene ring substituents is 1. The molecular formula is C28H27N5O6. The van der Waals surface area contributed by atoms with Gasteiger partial charge in [-0.05, 0) is 61.4 Å². The van der Waals surface area contributed by atoms with Crippen LogP contribution >= 0.6 is 0 Å². The fourth-order valence-corrected chi connectivity index (χ4v) is 3.95. The van der Waals surface area contributed by atoms with Crippen LogP contribution in [0.5, 0.6) is 11.5 Å². The van der Waals surface area contributed by atoms with Crippen LogP contribution < -0.4 is 20.1 Å². The first-order valence-corrected chi connectivity index (χ1v) is 12.0. The van der Waals surface area contributed by atoms with Crippen molar-refractivity contribution in [2.75, 3.05) is 26.1 Å². The van der Waals surface area contributed by atoms with Crippen molar-refractivity contribution in [1.82, 2.24) is 15.1 Å². The number of carbonyl (C=O) groups is 2. The Morgan fingerprint density at radius 3 is 2.36 bits per heavy atom. The van der Waals surface area contributed by atoms with Crippen LogP contribution in [0, 0.1) is 17.0 Å². The van der Waals surface area contributed by atoms with Crippen LogP contribution in [0.2, 0.25) is 0 Å². The van der Waals surface area contributed by atoms with Gasteiger partial charge in [0.15, 0.2) is 11.5 Å². The molecule has 2 amide bonds. The first kappa shape index (κ1) is 26.9. The van der Waals surface area contributed by atoms with Crippen molar-refractivity contribution in [3.8, 4) is 17.2 Å². The third-order valence-electron chi connectivity index (χ3n) is 5.91. The monoisotopic (exact) mass is 529 g/mol. The molecule has 0 bridgehead atoms. The van der Waals surface area contributed by atoms with Gasteiger partial charge in [0.25, 0.3) is 17.5 Å². The molecule has 0 unspecified atom stereocenters. The number of nitro benzene ring substituents is 1. The van der Waals surface area contributed by atoms with Gasteiger partial charge in [0, 0.05) is 35.9 Å². The number of aryl methyl sites for hydroxylation is 1. The van der Waals surface area contributed by atoms with Crippen molar-refractivity contribution in [1.29, 1.82) is 0 Å². The zero-order valence-corrected chi connectivity index (χ0v) is 21.6. The minimum absolute atomic E-state index is 0.148. The van der Waals surface area contributed by atoms with Crippen LogP contribution in [-0.2, 0) is 6.42 Å². The van der Waals surface area contributed by atoms with E-state index in [2.05, 4.69) is 15.7 Å². The Kier molecular flexibility index (Phi) is 8.20. The number of hydrogen-bond donors (Lipinski definition) is 2. The second-order valence-corrected chi connectivity index (χ2v) is 8.59. The third kappa shape index (κ3) is 6.39. The highest BCUT2D eigenvalue weighted by atomic mass is 16.6. The molecule has 4 rings (SSSR count). The lowest BCUT2D eigenvalue weighted by molar-refractivity contribution is -0.384. The summed E-state index contributed by atoms with van der Waals surface area (Å²) in [4.78, 5) is 35.9. The number of nitrogens with one attached hydrogen (secondary N) is 2. The van der Waals surface area contributed by atoms with Gasteiger partial charge in [-0.2, -0.15) is 5.10 Å². The van der Waals surface area contributed by atoms with Gasteiger partial charge >= 0.3 is 0 Å². The largest absolute Gasteiger partial charge is 0.493 e. The van der Waals surface area contributed by atoms with Crippen molar-refractivity contribution < 1.29 is 24.0 Å². The van der Waals surface area contributed by atoms with Crippen molar-refractivity contribution in [2.24, 2.45) is 0 Å². The number of rotatable bonds is 10. The maximum absolute atomic E-state index is 12.8. The molecule has 0 aliphatic rings. The smallest absolute Gasteiger partial charge is 0.270 e. The van der Waals surface area contributed by atoms with Crippen LogP contribution in [0.1, 0.15) is 32.0 Å². The second-order valence-electron chi connectivity index (χ2n) is 8.59. The molecular weight excluding hydrogens is 502 g/mol. The Labute approximate surface area is 224 Å². The van der Waals surface area contributed by atoms with Gasteiger partial charge in [-0.1, -0.05) is 12.1 Å². The van der Waals surface area contributed by atoms with Gasteiger partial charge in [0.1, 0.15) is 5.82 Å². The van der Waals surface area contributed by atoms with Gasteiger partial charge in [-0.25, -0.2) is 4.68 Å². The molecule has 0 atom stereocenters. The molecule has 0 aliphatic heterocycles. The highest BCUT2D eigenvalue weighted by Crippen LogP contribution is 2.27. The fourth-order valence-electron chi connectivity index (χ4n) is 3.95. The number of aromatic nitrogens is 2. The Morgan fingerprint density at radius 2 is 1.67 bits per heavy atom. The number of hydrogen-bond acceptors (Lipinski definition) is 7. The van der Waals surface area contributed by atoms with Gasteiger partial charge in [0.05, 0.1) is 30.5 Å². The maximum atomic E-state index is 12.8. The molecule has 1 heterocycles. The van der Waals surface area contributed by atoms with Crippen LogP contribution in [0.15, 0.2) is 72.8 Å². The summed E-state index contributed by atoms with van der Waals surface area (Å²) in [6.45, 7) is 2.21. The van der Waals surface area contributed by atoms with E-state index >= 15 is 0 Å². The molecule has 0 spiro atoms. The van der Waals surface area contributed by atoms with Gasteiger partial charge in [0.2, 0.25) is 0 Å². The normalized spacial score (nSPS) is 10.5. The van der Waals surface area contributed by atoms with Crippen LogP contribution in [-0.4, -0.2) is 47.3 Å². The Morgan fingerprint density at radius 1 is 0.923 bits per heavy atom. The number of benzene rings is 3. The Hall–Kier alpha value is -5.19. The molecule has 3 aromatic carbocycles. The van der Waals surface area contributed by atoms with Crippen LogP contribution in [0.3, 0.4) is 0 Å². The fraction of sp³-hybridized carbons (Fsp3) is 0.179. The molecule has 1 aromatic heterocycles. The molecule has 39 heavy (non-hydrogen) atoms. The number of nitrogens with zero attached hydrogens (tertiary/aromatic N) is 3. The summed E-state index contributed by atoms with van der Waals surface area (Å²) in [5.74, 6) is 0.926. The number of methoxy groups -OCH3 is 2. The van der Waals surface area contributed by atoms with E-state index in [0.717, 1.165) is 5.56 Å². The summed E-state index contributed by atoms with van der Waals surface area (Å²) in [5.41, 5.74) is 2.72. The number of anilines is 1. The molecule has 2 N–H and O–H groups in total. The summed E-state index contributed by atoms with van der Waals surface area (Å²) in [7, 11) is 3.15. The Bertz CT molecular complexity index is 1510. The minimum Gasteiger partial charge on any atom is -0.493 e. The van der Waals surface area contributed by atoms with E-state index in [0.29, 0.717) is 47.2 Å². The van der Waals surface area contributed by atoms with Gasteiger partial charge < -0.3 is 20.1 Å². The molecule has 0 saturated carbocycles. The van der Waals surface area contributed by atoms with Crippen molar-refractivity contribution in [3.63, 3.8) is 0 Å². The predicted molar refractivity (Wildman–Crippen MR) is 145 cm³/mol. The SMILES string of the molecule is COc1ccc(CCNC(=O)c2ccc(-n3nc(C)cc3NC(=O)c3cccc([N+](=O)[O-])c3)cc2)cc1OC. The number of carbonyl (C=O) groups excluding carboxylic acids is 2. The van der Waals surface area contributed by atoms with Crippen molar-refractivity contribution in [3.05, 3.63) is 105 Å². The first-order valence-electron chi connectivity index (χ1n) is 12.0. The highest BCUT2D eigenvalue weighted by Gasteiger charge is 2.16. The summed E-state index contributed by atoms with van der Waals surface area (Å²) in [5, 5.41) is 21.1. The lowest BCUT2D eigenvalue weighted by Crippen LogP contribution is -2.25. The van der Waals surface area contributed by atoms with E-state index in [1.165, 1.54) is 28.9 Å². The van der Waals surface area contributed by atoms with Crippen LogP contribution in [0.25, 0.3) is 5.69 Å². The third-order valence-corrected chi connectivity index (χ3v) is 5.91. The summed E-state index contributed by atoms with van der Waals surface area (Å²) in [6, 6.07) is 19.6. The van der Waals surface area contributed by atoms with E-state index < -0.39 is 10.8 Å². The minimum atomic E-state index is -0.556. The average molecular weight is 530 g/mol. The van der Waals surface area contributed by atoms with E-state index in [4.69, 9.17) is 9.47 Å². The molecule has 11 heteroatoms. The van der Waals surface area contributed by atoms with Crippen LogP contribution in [0.4, 0.5) is 11.5 Å². The van der Waals surface area contributed by atoms with E-state index in [9.17, 15) is 19.7 Å². The molecule has 200 valence electrons. The quantitative estimate of drug-likeness (QED) is 0.230. The highest BCUT2D eigenvalue weighted by molar-refractivity contribution is 6.04. The molecule has 0 saturated heterocycles. The first-order chi connectivity index (χ1) is 18.8. The maximum Gasteiger partial charge on any atom is 0.270 e. The molecule has 0 fully saturated rings. The lowest BCUT2D eigenvalue weighted by Gasteiger charge is -2.11. The van der Waals surface area contributed by atoms with Gasteiger partial charge in [-0.3, -0.25) is 19.7 Å². The van der Waals surface area contributed by atoms with Crippen molar-refractivity contribution >= 4 is 23.3 Å². The zero-order valence-electron chi connectivity index (χ0n) is 21.6. The summed E-state index contributed by atoms with van der Waals surface area (Å²) >= 11 is 0. The molecule has 4 aromatic rings. The zero-order chi connectivity index (χ0) is 27.9. The molecule has 0 radical (unpaired) electrons. The second kappa shape index (κ2) is 11.9. The topological polar surface area (TPSA) is 138 Å². The van der Waals surface area contributed by atoms with Crippen molar-refractivity contribution in [2.45, 2.75) is 13.3 Å².